The van der Waals surface area contributed by atoms with E-state index in [-0.39, 0.29) is 18.8 Å². The molecule has 19 rings (SSSR count). The average molecular weight is 1770 g/mol. The van der Waals surface area contributed by atoms with Crippen LogP contribution in [0.25, 0.3) is 83.8 Å². The summed E-state index contributed by atoms with van der Waals surface area (Å²) in [7, 11) is 14.2. The summed E-state index contributed by atoms with van der Waals surface area (Å²) < 4.78 is 25.0. The molecule has 15 aromatic rings. The summed E-state index contributed by atoms with van der Waals surface area (Å²) in [5, 5.41) is 26.2. The molecule has 0 spiro atoms. The second kappa shape index (κ2) is 43.0. The zero-order valence-corrected chi connectivity index (χ0v) is 75.8. The maximum atomic E-state index is 12.9. The maximum absolute atomic E-state index is 12.9. The van der Waals surface area contributed by atoms with Crippen LogP contribution in [0.3, 0.4) is 0 Å². The van der Waals surface area contributed by atoms with Gasteiger partial charge in [0.15, 0.2) is 16.9 Å². The third-order valence-corrected chi connectivity index (χ3v) is 24.3. The molecule has 2 atom stereocenters. The number of nitrogens with zero attached hydrogens (tertiary/aromatic N) is 23. The van der Waals surface area contributed by atoms with Gasteiger partial charge in [0.2, 0.25) is 0 Å². The topological polar surface area (TPSA) is 309 Å². The molecular formula is C96H116ClN25O7. The molecule has 1 aliphatic carbocycles. The van der Waals surface area contributed by atoms with Crippen LogP contribution in [0.15, 0.2) is 201 Å². The van der Waals surface area contributed by atoms with E-state index in [9.17, 15) is 19.5 Å². The van der Waals surface area contributed by atoms with E-state index in [0.29, 0.717) is 65.5 Å². The quantitative estimate of drug-likeness (QED) is 0.0335. The number of benzene rings is 3. The van der Waals surface area contributed by atoms with Crippen LogP contribution in [0.5, 0.6) is 0 Å². The number of carbonyl (C=O) groups excluding carboxylic acids is 2. The van der Waals surface area contributed by atoms with E-state index >= 15 is 0 Å². The number of nitrogens with one attached hydrogen (secondary N) is 1. The zero-order valence-electron chi connectivity index (χ0n) is 75.0. The lowest BCUT2D eigenvalue weighted by molar-refractivity contribution is 0.0213. The molecular weight excluding hydrogens is 1650 g/mol. The number of alkyl halides is 1. The fourth-order valence-corrected chi connectivity index (χ4v) is 16.8. The molecule has 674 valence electrons. The lowest BCUT2D eigenvalue weighted by Crippen LogP contribution is -2.45. The van der Waals surface area contributed by atoms with Crippen LogP contribution in [-0.4, -0.2) is 304 Å². The molecule has 4 N–H and O–H groups in total. The van der Waals surface area contributed by atoms with Gasteiger partial charge in [0.1, 0.15) is 51.1 Å². The van der Waals surface area contributed by atoms with Crippen molar-refractivity contribution in [2.75, 3.05) is 181 Å². The highest BCUT2D eigenvalue weighted by molar-refractivity contribution is 6.18. The molecule has 12 aromatic heterocycles. The van der Waals surface area contributed by atoms with Crippen molar-refractivity contribution in [3.05, 3.63) is 235 Å². The van der Waals surface area contributed by atoms with Gasteiger partial charge in [-0.1, -0.05) is 91.0 Å². The van der Waals surface area contributed by atoms with Gasteiger partial charge in [0, 0.05) is 259 Å². The number of halogens is 1. The number of nitrogens with two attached hydrogens (primary N) is 1. The van der Waals surface area contributed by atoms with Crippen molar-refractivity contribution in [3.63, 3.8) is 0 Å². The number of hydrogen-bond acceptors (Lipinski definition) is 25. The molecule has 15 heterocycles. The number of esters is 2. The smallest absolute Gasteiger partial charge is 0.343 e. The summed E-state index contributed by atoms with van der Waals surface area (Å²) >= 11 is 5.62. The number of aromatic nitrogens is 15. The van der Waals surface area contributed by atoms with Gasteiger partial charge in [-0.05, 0) is 101 Å². The fourth-order valence-electron chi connectivity index (χ4n) is 16.5. The number of carboxylic acid groups (broad SMARTS) is 1. The van der Waals surface area contributed by atoms with Gasteiger partial charge in [-0.15, -0.1) is 11.6 Å². The van der Waals surface area contributed by atoms with E-state index in [1.54, 1.807) is 46.9 Å². The Morgan fingerprint density at radius 3 is 1.19 bits per heavy atom. The average Bonchev–Trinajstić information content (AvgIpc) is 1.62. The molecule has 0 unspecified atom stereocenters. The normalized spacial score (nSPS) is 15.9. The first-order chi connectivity index (χ1) is 62.8. The number of hydrogen-bond donors (Lipinski definition) is 3. The zero-order chi connectivity index (χ0) is 90.0. The Morgan fingerprint density at radius 2 is 0.837 bits per heavy atom. The van der Waals surface area contributed by atoms with Gasteiger partial charge < -0.3 is 68.6 Å². The van der Waals surface area contributed by atoms with Crippen LogP contribution < -0.4 is 20.4 Å². The maximum Gasteiger partial charge on any atom is 0.343 e. The minimum absolute atomic E-state index is 0.0724. The Labute approximate surface area is 756 Å². The van der Waals surface area contributed by atoms with Gasteiger partial charge in [-0.2, -0.15) is 28.8 Å². The summed E-state index contributed by atoms with van der Waals surface area (Å²) in [4.78, 5) is 89.9. The molecule has 3 aliphatic heterocycles. The first kappa shape index (κ1) is 91.1. The van der Waals surface area contributed by atoms with E-state index in [1.165, 1.54) is 44.1 Å². The van der Waals surface area contributed by atoms with Crippen molar-refractivity contribution in [2.45, 2.75) is 71.6 Å². The first-order valence-electron chi connectivity index (χ1n) is 44.2. The molecule has 4 aliphatic rings. The minimum atomic E-state index is -1.05. The third kappa shape index (κ3) is 21.9. The Balaban J connectivity index is 0.000000136. The molecule has 1 saturated carbocycles. The molecule has 0 radical (unpaired) electrons. The van der Waals surface area contributed by atoms with Gasteiger partial charge >= 0.3 is 17.9 Å². The number of fused-ring (bicyclic) bond motifs is 6. The van der Waals surface area contributed by atoms with Crippen molar-refractivity contribution in [3.8, 4) is 33.8 Å². The summed E-state index contributed by atoms with van der Waals surface area (Å²) in [5.74, 6) is 1.24. The highest BCUT2D eigenvalue weighted by Crippen LogP contribution is 2.37. The highest BCUT2D eigenvalue weighted by atomic mass is 35.5. The number of aromatic amines is 1. The fraction of sp³-hybridized carbons (Fsp3) is 0.375. The lowest BCUT2D eigenvalue weighted by atomic mass is 9.90. The van der Waals surface area contributed by atoms with Crippen molar-refractivity contribution in [1.29, 1.82) is 0 Å². The number of carboxylic acids is 1. The third-order valence-electron chi connectivity index (χ3n) is 24.2. The number of H-pyrrole nitrogens is 1. The van der Waals surface area contributed by atoms with Crippen LogP contribution in [0, 0.1) is 0 Å². The SMILES string of the molecule is CCOC(=O)c1cnn2c(N(C)Cc3ccccc3)cc(-c3c[nH]c4ncccc34)nc12.CCOC(=O)c1cnn2c(N(C)Cc3ccccc3)cc(-c3cn(CCN4CCN(C)CC4)c4ncccc34)nc12.CN1CCN(CCCl)CC1.CN1CCN(CCn2cc(-c3cc(N(C)Cc4ccccc4)n4ncc(C(=O)O)c4n3)c3cccnc32)CC1.CO[C@H]1CC[C@@H]1N. The minimum Gasteiger partial charge on any atom is -0.477 e. The Hall–Kier alpha value is -12.6. The van der Waals surface area contributed by atoms with E-state index in [0.717, 1.165) is 194 Å². The molecule has 4 fully saturated rings. The second-order valence-electron chi connectivity index (χ2n) is 33.1. The summed E-state index contributed by atoms with van der Waals surface area (Å²) in [6, 6.07) is 48.9. The van der Waals surface area contributed by atoms with E-state index < -0.39 is 17.9 Å². The number of anilines is 3. The predicted octanol–water partition coefficient (Wildman–Crippen LogP) is 11.8. The monoisotopic (exact) mass is 1770 g/mol. The van der Waals surface area contributed by atoms with Crippen molar-refractivity contribution >= 4 is 97.0 Å². The summed E-state index contributed by atoms with van der Waals surface area (Å²) in [5.41, 5.74) is 18.5. The van der Waals surface area contributed by atoms with Crippen LogP contribution in [0.1, 0.15) is 74.5 Å². The summed E-state index contributed by atoms with van der Waals surface area (Å²) in [6.07, 6.45) is 18.6. The number of pyridine rings is 3. The Kier molecular flexibility index (Phi) is 30.4. The van der Waals surface area contributed by atoms with Gasteiger partial charge in [0.05, 0.1) is 55.0 Å². The molecule has 32 nitrogen and oxygen atoms in total. The van der Waals surface area contributed by atoms with E-state index in [1.807, 2.05) is 137 Å². The summed E-state index contributed by atoms with van der Waals surface area (Å²) in [6.45, 7) is 24.1. The molecule has 129 heavy (non-hydrogen) atoms. The van der Waals surface area contributed by atoms with Crippen LogP contribution >= 0.6 is 11.6 Å². The Bertz CT molecular complexity index is 6230. The van der Waals surface area contributed by atoms with Gasteiger partial charge in [0.25, 0.3) is 0 Å². The molecule has 3 aromatic carbocycles. The van der Waals surface area contributed by atoms with Gasteiger partial charge in [-0.3, -0.25) is 14.7 Å². The number of methoxy groups -OCH3 is 1. The Morgan fingerprint density at radius 1 is 0.465 bits per heavy atom. The molecule has 3 saturated heterocycles. The molecule has 0 bridgehead atoms. The van der Waals surface area contributed by atoms with Crippen LogP contribution in [0.2, 0.25) is 0 Å². The first-order valence-corrected chi connectivity index (χ1v) is 44.7. The molecule has 33 heteroatoms. The number of aromatic carboxylic acids is 1. The number of ether oxygens (including phenoxy) is 3. The van der Waals surface area contributed by atoms with Crippen molar-refractivity contribution < 1.29 is 33.7 Å². The van der Waals surface area contributed by atoms with Crippen LogP contribution in [-0.2, 0) is 46.9 Å². The van der Waals surface area contributed by atoms with Gasteiger partial charge in [-0.25, -0.2) is 44.3 Å². The predicted molar refractivity (Wildman–Crippen MR) is 507 cm³/mol. The number of rotatable bonds is 26. The standard InChI is InChI=1S/C31H36N8O2.C29H32N8O2.C24H22N6O2.C7H15ClN2.C5H11NO/c1-4-41-31(40)25-20-33-39-28(36(3)21-23-9-6-5-7-10-23)19-27(34-30(25)39)26-22-38(29-24(26)11-8-12-32-29)18-17-37-15-13-35(2)14-16-37;1-33-11-13-35(14-12-33)15-16-36-20-24(22-9-6-10-30-27(22)36)25-17-26(34(2)19-21-7-4-3-5-8-21)37-28(32-25)23(18-31-37)29(38)39;1-3-32-24(31)19-14-27-30-21(29(2)15-16-8-5-4-6-9-16)12-20(28-23(19)30)18-13-26-22-17(18)10-7-11-25-22;1-9-4-6-10(3-2-8)7-5-9;1-7-5-3-2-4(5)6/h5-12,19-20,22H,4,13-18,21H2,1-3H3;3-10,17-18,20H,11-16,19H2,1-2H3,(H,38,39);4-14H,3,15H2,1-2H3,(H,25,26);2-7H2,1H3;4-5H,2-3,6H2,1H3/t;;;;4-,5-/m....0/s1. The van der Waals surface area contributed by atoms with Crippen LogP contribution in [0.4, 0.5) is 17.5 Å². The highest BCUT2D eigenvalue weighted by Gasteiger charge is 2.29. The molecule has 0 amide bonds. The number of likely N-dealkylation sites (N-methyl/N-ethyl adjacent to an activating group) is 3. The number of piperazine rings is 3. The van der Waals surface area contributed by atoms with Crippen molar-refractivity contribution in [2.24, 2.45) is 5.73 Å². The largest absolute Gasteiger partial charge is 0.477 e. The lowest BCUT2D eigenvalue weighted by Gasteiger charge is -2.32. The number of carbonyl (C=O) groups is 3. The van der Waals surface area contributed by atoms with Crippen molar-refractivity contribution in [1.82, 2.24) is 102 Å². The van der Waals surface area contributed by atoms with E-state index in [4.69, 9.17) is 56.5 Å². The second-order valence-corrected chi connectivity index (χ2v) is 33.5. The van der Waals surface area contributed by atoms with E-state index in [2.05, 4.69) is 161 Å².